The lowest BCUT2D eigenvalue weighted by atomic mass is 10.3. The lowest BCUT2D eigenvalue weighted by Gasteiger charge is -2.14. The van der Waals surface area contributed by atoms with Crippen LogP contribution in [0.15, 0.2) is 23.0 Å². The molecule has 1 fully saturated rings. The molecule has 3 nitrogen and oxygen atoms in total. The van der Waals surface area contributed by atoms with Crippen LogP contribution in [-0.4, -0.2) is 18.1 Å². The third-order valence-electron chi connectivity index (χ3n) is 3.01. The number of hydrogen-bond donors (Lipinski definition) is 1. The van der Waals surface area contributed by atoms with Crippen LogP contribution in [0.5, 0.6) is 0 Å². The van der Waals surface area contributed by atoms with E-state index in [1.807, 2.05) is 6.20 Å². The Balaban J connectivity index is 1.57. The van der Waals surface area contributed by atoms with Crippen molar-refractivity contribution in [2.75, 3.05) is 11.9 Å². The minimum Gasteiger partial charge on any atom is -0.347 e. The maximum atomic E-state index is 4.50. The van der Waals surface area contributed by atoms with Crippen molar-refractivity contribution in [1.29, 1.82) is 0 Å². The molecule has 2 heterocycles. The van der Waals surface area contributed by atoms with Crippen molar-refractivity contribution in [2.45, 2.75) is 32.0 Å². The fraction of sp³-hybridized carbons (Fsp3) is 0.462. The minimum atomic E-state index is 0.763. The first-order chi connectivity index (χ1) is 8.81. The smallest absolute Gasteiger partial charge is 0.185 e. The Hall–Kier alpha value is -0.910. The van der Waals surface area contributed by atoms with E-state index in [4.69, 9.17) is 0 Å². The molecule has 1 saturated carbocycles. The molecule has 0 unspecified atom stereocenters. The van der Waals surface area contributed by atoms with E-state index in [1.54, 1.807) is 22.7 Å². The summed E-state index contributed by atoms with van der Waals surface area (Å²) in [5, 5.41) is 8.94. The molecule has 0 aromatic carbocycles. The number of nitrogens with zero attached hydrogens (tertiary/aromatic N) is 2. The Kier molecular flexibility index (Phi) is 3.63. The van der Waals surface area contributed by atoms with Crippen LogP contribution in [-0.2, 0) is 13.1 Å². The van der Waals surface area contributed by atoms with Gasteiger partial charge in [-0.2, -0.15) is 11.3 Å². The molecule has 0 aliphatic heterocycles. The first-order valence-corrected chi connectivity index (χ1v) is 7.97. The quantitative estimate of drug-likeness (QED) is 0.880. The molecule has 3 rings (SSSR count). The molecule has 2 aromatic heterocycles. The van der Waals surface area contributed by atoms with E-state index >= 15 is 0 Å². The lowest BCUT2D eigenvalue weighted by Crippen LogP contribution is -2.15. The van der Waals surface area contributed by atoms with E-state index in [1.165, 1.54) is 23.3 Å². The molecule has 0 radical (unpaired) electrons. The topological polar surface area (TPSA) is 28.2 Å². The van der Waals surface area contributed by atoms with Crippen LogP contribution in [0.2, 0.25) is 0 Å². The van der Waals surface area contributed by atoms with Crippen molar-refractivity contribution < 1.29 is 0 Å². The second-order valence-electron chi connectivity index (χ2n) is 4.75. The van der Waals surface area contributed by atoms with E-state index in [0.29, 0.717) is 0 Å². The van der Waals surface area contributed by atoms with Crippen LogP contribution in [0.1, 0.15) is 23.3 Å². The fourth-order valence-electron chi connectivity index (χ4n) is 1.81. The summed E-state index contributed by atoms with van der Waals surface area (Å²) in [5.41, 5.74) is 1.36. The summed E-state index contributed by atoms with van der Waals surface area (Å²) < 4.78 is 0. The van der Waals surface area contributed by atoms with Crippen LogP contribution < -0.4 is 10.2 Å². The second kappa shape index (κ2) is 5.38. The number of hydrogen-bond acceptors (Lipinski definition) is 5. The van der Waals surface area contributed by atoms with Gasteiger partial charge in [0.1, 0.15) is 0 Å². The Morgan fingerprint density at radius 1 is 1.50 bits per heavy atom. The molecule has 2 aromatic rings. The fourth-order valence-corrected chi connectivity index (χ4v) is 3.29. The highest BCUT2D eigenvalue weighted by Crippen LogP contribution is 2.25. The summed E-state index contributed by atoms with van der Waals surface area (Å²) in [4.78, 5) is 8.05. The first-order valence-electron chi connectivity index (χ1n) is 6.21. The SMILES string of the molecule is CN(Cc1ccsc1)c1ncc(CNC2CC2)s1. The van der Waals surface area contributed by atoms with Crippen molar-refractivity contribution >= 4 is 27.8 Å². The van der Waals surface area contributed by atoms with Gasteiger partial charge in [0.05, 0.1) is 0 Å². The Morgan fingerprint density at radius 2 is 2.39 bits per heavy atom. The van der Waals surface area contributed by atoms with Gasteiger partial charge in [-0.05, 0) is 35.2 Å². The van der Waals surface area contributed by atoms with Gasteiger partial charge in [-0.1, -0.05) is 0 Å². The highest BCUT2D eigenvalue weighted by atomic mass is 32.1. The minimum absolute atomic E-state index is 0.763. The predicted molar refractivity (Wildman–Crippen MR) is 78.4 cm³/mol. The predicted octanol–water partition coefficient (Wildman–Crippen LogP) is 3.09. The molecule has 96 valence electrons. The largest absolute Gasteiger partial charge is 0.347 e. The molecule has 1 aliphatic carbocycles. The highest BCUT2D eigenvalue weighted by molar-refractivity contribution is 7.15. The lowest BCUT2D eigenvalue weighted by molar-refractivity contribution is 0.694. The maximum absolute atomic E-state index is 4.50. The summed E-state index contributed by atoms with van der Waals surface area (Å²) in [5.74, 6) is 0. The van der Waals surface area contributed by atoms with Crippen molar-refractivity contribution in [1.82, 2.24) is 10.3 Å². The maximum Gasteiger partial charge on any atom is 0.185 e. The number of thiazole rings is 1. The summed E-state index contributed by atoms with van der Waals surface area (Å²) in [7, 11) is 2.11. The van der Waals surface area contributed by atoms with Crippen LogP contribution >= 0.6 is 22.7 Å². The van der Waals surface area contributed by atoms with Crippen LogP contribution in [0.25, 0.3) is 0 Å². The van der Waals surface area contributed by atoms with E-state index < -0.39 is 0 Å². The molecule has 0 spiro atoms. The zero-order valence-electron chi connectivity index (χ0n) is 10.4. The number of rotatable bonds is 6. The van der Waals surface area contributed by atoms with Gasteiger partial charge >= 0.3 is 0 Å². The Labute approximate surface area is 115 Å². The molecular formula is C13H17N3S2. The van der Waals surface area contributed by atoms with Gasteiger partial charge in [0, 0.05) is 37.3 Å². The van der Waals surface area contributed by atoms with Crippen LogP contribution in [0, 0.1) is 0 Å². The summed E-state index contributed by atoms with van der Waals surface area (Å²) in [6.07, 6.45) is 4.67. The highest BCUT2D eigenvalue weighted by Gasteiger charge is 2.20. The molecule has 5 heteroatoms. The van der Waals surface area contributed by atoms with E-state index in [0.717, 1.165) is 24.3 Å². The first kappa shape index (κ1) is 12.1. The van der Waals surface area contributed by atoms with E-state index in [-0.39, 0.29) is 0 Å². The third kappa shape index (κ3) is 3.10. The zero-order chi connectivity index (χ0) is 12.4. The average molecular weight is 279 g/mol. The van der Waals surface area contributed by atoms with Gasteiger partial charge in [0.2, 0.25) is 0 Å². The monoisotopic (exact) mass is 279 g/mol. The number of nitrogens with one attached hydrogen (secondary N) is 1. The Morgan fingerprint density at radius 3 is 3.11 bits per heavy atom. The zero-order valence-corrected chi connectivity index (χ0v) is 12.1. The number of anilines is 1. The van der Waals surface area contributed by atoms with Crippen molar-refractivity contribution in [3.05, 3.63) is 33.5 Å². The van der Waals surface area contributed by atoms with Crippen LogP contribution in [0.3, 0.4) is 0 Å². The van der Waals surface area contributed by atoms with E-state index in [9.17, 15) is 0 Å². The third-order valence-corrected chi connectivity index (χ3v) is 4.85. The molecular weight excluding hydrogens is 262 g/mol. The normalized spacial score (nSPS) is 14.9. The van der Waals surface area contributed by atoms with Gasteiger partial charge in [-0.3, -0.25) is 0 Å². The van der Waals surface area contributed by atoms with Gasteiger partial charge in [-0.25, -0.2) is 4.98 Å². The molecule has 0 atom stereocenters. The second-order valence-corrected chi connectivity index (χ2v) is 6.63. The molecule has 0 bridgehead atoms. The van der Waals surface area contributed by atoms with Gasteiger partial charge < -0.3 is 10.2 Å². The van der Waals surface area contributed by atoms with Crippen molar-refractivity contribution in [2.24, 2.45) is 0 Å². The summed E-state index contributed by atoms with van der Waals surface area (Å²) in [6.45, 7) is 1.90. The average Bonchev–Trinajstić information content (AvgIpc) is 2.88. The number of thiophene rings is 1. The molecule has 0 saturated heterocycles. The number of aromatic nitrogens is 1. The molecule has 1 N–H and O–H groups in total. The Bertz CT molecular complexity index is 488. The summed E-state index contributed by atoms with van der Waals surface area (Å²) >= 11 is 3.53. The molecule has 1 aliphatic rings. The van der Waals surface area contributed by atoms with Gasteiger partial charge in [-0.15, -0.1) is 11.3 Å². The van der Waals surface area contributed by atoms with Crippen molar-refractivity contribution in [3.8, 4) is 0 Å². The standard InChI is InChI=1S/C13H17N3S2/c1-16(8-10-4-5-17-9-10)13-15-7-12(18-13)6-14-11-2-3-11/h4-5,7,9,11,14H,2-3,6,8H2,1H3. The van der Waals surface area contributed by atoms with Crippen molar-refractivity contribution in [3.63, 3.8) is 0 Å². The molecule has 18 heavy (non-hydrogen) atoms. The van der Waals surface area contributed by atoms with Gasteiger partial charge in [0.25, 0.3) is 0 Å². The molecule has 0 amide bonds. The summed E-state index contributed by atoms with van der Waals surface area (Å²) in [6, 6.07) is 2.93. The van der Waals surface area contributed by atoms with E-state index in [2.05, 4.69) is 39.1 Å². The van der Waals surface area contributed by atoms with Crippen LogP contribution in [0.4, 0.5) is 5.13 Å². The van der Waals surface area contributed by atoms with Gasteiger partial charge in [0.15, 0.2) is 5.13 Å².